The van der Waals surface area contributed by atoms with E-state index in [0.29, 0.717) is 35.6 Å². The minimum atomic E-state index is -4.54. The molecule has 0 aromatic heterocycles. The molecule has 4 bridgehead atoms. The summed E-state index contributed by atoms with van der Waals surface area (Å²) >= 11 is 2.12. The third-order valence-electron chi connectivity index (χ3n) is 10.1. The average molecular weight is 739 g/mol. The first kappa shape index (κ1) is 32.3. The van der Waals surface area contributed by atoms with E-state index in [2.05, 4.69) is 27.9 Å². The first-order valence-corrected chi connectivity index (χ1v) is 16.7. The van der Waals surface area contributed by atoms with Crippen LogP contribution in [0.3, 0.4) is 0 Å². The van der Waals surface area contributed by atoms with Crippen LogP contribution in [0.25, 0.3) is 0 Å². The number of aliphatic hydroxyl groups is 2. The normalized spacial score (nSPS) is 30.5. The van der Waals surface area contributed by atoms with Gasteiger partial charge in [-0.1, -0.05) is 12.1 Å². The highest BCUT2D eigenvalue weighted by Crippen LogP contribution is 2.60. The lowest BCUT2D eigenvalue weighted by Gasteiger charge is -2.58. The van der Waals surface area contributed by atoms with Crippen LogP contribution in [-0.4, -0.2) is 64.9 Å². The van der Waals surface area contributed by atoms with E-state index in [1.165, 1.54) is 31.4 Å². The van der Waals surface area contributed by atoms with E-state index >= 15 is 0 Å². The summed E-state index contributed by atoms with van der Waals surface area (Å²) in [6.07, 6.45) is 1.37. The topological polar surface area (TPSA) is 99.1 Å². The van der Waals surface area contributed by atoms with E-state index in [1.54, 1.807) is 23.1 Å². The molecule has 0 spiro atoms. The Morgan fingerprint density at radius 2 is 1.62 bits per heavy atom. The zero-order valence-electron chi connectivity index (χ0n) is 24.8. The number of para-hydroxylation sites is 1. The summed E-state index contributed by atoms with van der Waals surface area (Å²) in [6.45, 7) is 0.129. The van der Waals surface area contributed by atoms with Gasteiger partial charge >= 0.3 is 6.18 Å². The number of nitrogens with zero attached hydrogens (tertiary/aromatic N) is 1. The average Bonchev–Trinajstić information content (AvgIpc) is 2.99. The zero-order valence-corrected chi connectivity index (χ0v) is 27.0. The van der Waals surface area contributed by atoms with E-state index < -0.39 is 41.8 Å². The lowest BCUT2D eigenvalue weighted by molar-refractivity contribution is -0.137. The Balaban J connectivity index is 1.37. The maximum Gasteiger partial charge on any atom is 0.416 e. The van der Waals surface area contributed by atoms with Crippen molar-refractivity contribution in [2.75, 3.05) is 19.7 Å². The lowest BCUT2D eigenvalue weighted by atomic mass is 9.49. The largest absolute Gasteiger partial charge is 0.482 e. The number of hydrogen-bond donors (Lipinski definition) is 3. The van der Waals surface area contributed by atoms with Crippen LogP contribution in [0.15, 0.2) is 60.2 Å². The summed E-state index contributed by atoms with van der Waals surface area (Å²) in [5.74, 6) is 1.36. The summed E-state index contributed by atoms with van der Waals surface area (Å²) in [6, 6.07) is 10.6. The van der Waals surface area contributed by atoms with Crippen molar-refractivity contribution >= 4 is 34.4 Å². The Morgan fingerprint density at radius 3 is 2.20 bits per heavy atom. The number of carbonyl (C=O) groups is 2. The van der Waals surface area contributed by atoms with Gasteiger partial charge in [0.25, 0.3) is 5.91 Å². The fourth-order valence-electron chi connectivity index (χ4n) is 8.62. The molecule has 0 heterocycles. The van der Waals surface area contributed by atoms with Crippen LogP contribution in [-0.2, 0) is 11.0 Å². The number of rotatable bonds is 9. The van der Waals surface area contributed by atoms with Crippen molar-refractivity contribution < 1.29 is 37.7 Å². The number of amides is 2. The molecule has 4 fully saturated rings. The van der Waals surface area contributed by atoms with Crippen molar-refractivity contribution in [3.63, 3.8) is 0 Å². The highest BCUT2D eigenvalue weighted by Gasteiger charge is 2.53. The molecule has 3 atom stereocenters. The highest BCUT2D eigenvalue weighted by molar-refractivity contribution is 14.1. The molecule has 2 aromatic rings. The number of nitrogens with one attached hydrogen (secondary N) is 1. The van der Waals surface area contributed by atoms with Gasteiger partial charge in [0, 0.05) is 30.6 Å². The van der Waals surface area contributed by atoms with Gasteiger partial charge in [-0.2, -0.15) is 13.2 Å². The molecular weight excluding hydrogens is 700 g/mol. The van der Waals surface area contributed by atoms with Crippen molar-refractivity contribution in [3.8, 4) is 5.75 Å². The summed E-state index contributed by atoms with van der Waals surface area (Å²) in [7, 11) is 0. The third kappa shape index (κ3) is 6.90. The Morgan fingerprint density at radius 1 is 1.00 bits per heavy atom. The van der Waals surface area contributed by atoms with Crippen molar-refractivity contribution in [1.82, 2.24) is 10.2 Å². The number of ether oxygens (including phenoxy) is 1. The number of benzene rings is 2. The fraction of sp³-hybridized carbons (Fsp3) is 0.529. The van der Waals surface area contributed by atoms with E-state index in [-0.39, 0.29) is 30.6 Å². The predicted molar refractivity (Wildman–Crippen MR) is 169 cm³/mol. The molecule has 0 unspecified atom stereocenters. The molecule has 3 N–H and O–H groups in total. The van der Waals surface area contributed by atoms with Crippen LogP contribution in [0, 0.1) is 26.7 Å². The smallest absolute Gasteiger partial charge is 0.416 e. The van der Waals surface area contributed by atoms with E-state index in [0.717, 1.165) is 35.0 Å². The van der Waals surface area contributed by atoms with Crippen LogP contribution in [0.2, 0.25) is 0 Å². The van der Waals surface area contributed by atoms with Crippen molar-refractivity contribution in [2.24, 2.45) is 23.2 Å². The number of alkyl halides is 3. The third-order valence-corrected chi connectivity index (χ3v) is 11.0. The molecule has 0 aliphatic heterocycles. The van der Waals surface area contributed by atoms with Gasteiger partial charge in [-0.15, -0.1) is 0 Å². The van der Waals surface area contributed by atoms with Crippen LogP contribution in [0.1, 0.15) is 60.9 Å². The molecule has 2 aromatic carbocycles. The van der Waals surface area contributed by atoms with Gasteiger partial charge in [0.05, 0.1) is 21.8 Å². The predicted octanol–water partition coefficient (Wildman–Crippen LogP) is 5.58. The Labute approximate surface area is 274 Å². The second-order valence-electron chi connectivity index (χ2n) is 13.4. The molecular formula is C34H38F3IN2O5. The minimum Gasteiger partial charge on any atom is -0.482 e. The fourth-order valence-corrected chi connectivity index (χ4v) is 9.13. The molecule has 45 heavy (non-hydrogen) atoms. The van der Waals surface area contributed by atoms with Gasteiger partial charge in [0.2, 0.25) is 5.91 Å². The van der Waals surface area contributed by atoms with Gasteiger partial charge in [-0.3, -0.25) is 9.59 Å². The van der Waals surface area contributed by atoms with Gasteiger partial charge in [-0.05, 0) is 127 Å². The quantitative estimate of drug-likeness (QED) is 0.292. The maximum atomic E-state index is 14.4. The minimum absolute atomic E-state index is 0.0307. The molecule has 0 saturated heterocycles. The molecule has 242 valence electrons. The van der Waals surface area contributed by atoms with E-state index in [4.69, 9.17) is 4.74 Å². The molecule has 0 radical (unpaired) electrons. The molecule has 5 aliphatic rings. The van der Waals surface area contributed by atoms with Crippen LogP contribution in [0.5, 0.6) is 5.75 Å². The molecule has 5 aliphatic carbocycles. The number of hydrogen-bond acceptors (Lipinski definition) is 5. The highest BCUT2D eigenvalue weighted by atomic mass is 127. The van der Waals surface area contributed by atoms with Crippen molar-refractivity contribution in [3.05, 3.63) is 74.9 Å². The van der Waals surface area contributed by atoms with Gasteiger partial charge in [0.15, 0.2) is 0 Å². The Bertz CT molecular complexity index is 1410. The molecule has 2 amide bonds. The summed E-state index contributed by atoms with van der Waals surface area (Å²) in [5.41, 5.74) is -0.593. The molecule has 7 nitrogen and oxygen atoms in total. The summed E-state index contributed by atoms with van der Waals surface area (Å²) in [5, 5.41) is 23.9. The lowest BCUT2D eigenvalue weighted by Crippen LogP contribution is -2.59. The maximum absolute atomic E-state index is 14.4. The number of halogens is 4. The molecule has 7 rings (SSSR count). The molecule has 11 heteroatoms. The second kappa shape index (κ2) is 12.9. The SMILES string of the molecule is O=C(NCCO)C1=C[C@H](Oc2ccccc2I)[C@@H](O)[C@H](N(CC23CC4CC(CC(C4)C2)C3)C(=O)c2ccc(C(F)(F)F)cc2)C1. The van der Waals surface area contributed by atoms with E-state index in [9.17, 15) is 33.0 Å². The summed E-state index contributed by atoms with van der Waals surface area (Å²) < 4.78 is 47.2. The standard InChI is InChI=1S/C34H38F3IN2O5/c35-34(36,37)25-7-5-23(6-8-25)32(44)40(19-33-16-20-11-21(17-33)13-22(12-20)18-33)27-14-24(31(43)39-9-10-41)15-29(30(27)42)45-28-4-2-1-3-26(28)38/h1-8,15,20-22,27,29-30,41-42H,9-14,16-19H2,(H,39,43)/t20?,21?,22?,27-,29+,30+,33?/m1/s1. The zero-order chi connectivity index (χ0) is 31.9. The van der Waals surface area contributed by atoms with Crippen LogP contribution < -0.4 is 10.1 Å². The number of aliphatic hydroxyl groups excluding tert-OH is 2. The van der Waals surface area contributed by atoms with Gasteiger partial charge < -0.3 is 25.2 Å². The second-order valence-corrected chi connectivity index (χ2v) is 14.5. The van der Waals surface area contributed by atoms with Crippen molar-refractivity contribution in [1.29, 1.82) is 0 Å². The van der Waals surface area contributed by atoms with E-state index in [1.807, 2.05) is 12.1 Å². The molecule has 4 saturated carbocycles. The first-order valence-electron chi connectivity index (χ1n) is 15.6. The van der Waals surface area contributed by atoms with Crippen LogP contribution in [0.4, 0.5) is 13.2 Å². The summed E-state index contributed by atoms with van der Waals surface area (Å²) in [4.78, 5) is 29.2. The van der Waals surface area contributed by atoms with Crippen molar-refractivity contribution in [2.45, 2.75) is 69.4 Å². The monoisotopic (exact) mass is 738 g/mol. The number of carbonyl (C=O) groups excluding carboxylic acids is 2. The first-order chi connectivity index (χ1) is 21.4. The Kier molecular flexibility index (Phi) is 9.24. The van der Waals surface area contributed by atoms with Gasteiger partial charge in [-0.25, -0.2) is 0 Å². The van der Waals surface area contributed by atoms with Gasteiger partial charge in [0.1, 0.15) is 18.0 Å². The Hall–Kier alpha value is -2.64. The van der Waals surface area contributed by atoms with Crippen LogP contribution >= 0.6 is 22.6 Å².